The molecule has 1 amide bonds. The highest BCUT2D eigenvalue weighted by atomic mass is 32.1. The third kappa shape index (κ3) is 7.66. The average molecular weight is 561 g/mol. The summed E-state index contributed by atoms with van der Waals surface area (Å²) in [5.74, 6) is 1.55. The minimum absolute atomic E-state index is 0.203. The van der Waals surface area contributed by atoms with Gasteiger partial charge in [-0.3, -0.25) is 9.78 Å². The molecular formula is C31H40N6O2S. The van der Waals surface area contributed by atoms with E-state index in [1.165, 1.54) is 18.3 Å². The molecule has 0 aliphatic rings. The number of amides is 1. The fraction of sp³-hybridized carbons (Fsp3) is 0.452. The van der Waals surface area contributed by atoms with Crippen molar-refractivity contribution in [2.24, 2.45) is 22.1 Å². The fourth-order valence-electron chi connectivity index (χ4n) is 4.67. The van der Waals surface area contributed by atoms with Gasteiger partial charge in [-0.25, -0.2) is 0 Å². The Morgan fingerprint density at radius 3 is 2.30 bits per heavy atom. The summed E-state index contributed by atoms with van der Waals surface area (Å²) in [6, 6.07) is 11.6. The van der Waals surface area contributed by atoms with Gasteiger partial charge in [0, 0.05) is 43.2 Å². The molecule has 0 aliphatic carbocycles. The molecule has 0 bridgehead atoms. The monoisotopic (exact) mass is 560 g/mol. The van der Waals surface area contributed by atoms with Gasteiger partial charge >= 0.3 is 0 Å². The van der Waals surface area contributed by atoms with E-state index >= 15 is 0 Å². The summed E-state index contributed by atoms with van der Waals surface area (Å²) < 4.78 is 5.87. The van der Waals surface area contributed by atoms with E-state index in [-0.39, 0.29) is 5.91 Å². The van der Waals surface area contributed by atoms with Crippen molar-refractivity contribution in [1.29, 1.82) is 5.26 Å². The van der Waals surface area contributed by atoms with Crippen molar-refractivity contribution in [3.8, 4) is 23.1 Å². The van der Waals surface area contributed by atoms with E-state index in [4.69, 9.17) is 4.74 Å². The lowest BCUT2D eigenvalue weighted by Gasteiger charge is -2.33. The van der Waals surface area contributed by atoms with Crippen molar-refractivity contribution in [1.82, 2.24) is 4.98 Å². The normalized spacial score (nSPS) is 11.3. The van der Waals surface area contributed by atoms with Crippen LogP contribution in [-0.2, 0) is 4.79 Å². The quantitative estimate of drug-likeness (QED) is 0.199. The maximum Gasteiger partial charge on any atom is 0.221 e. The summed E-state index contributed by atoms with van der Waals surface area (Å²) in [6.07, 6.45) is 6.05. The van der Waals surface area contributed by atoms with Crippen molar-refractivity contribution in [2.75, 3.05) is 30.4 Å². The molecule has 1 N–H and O–H groups in total. The number of nitriles is 1. The van der Waals surface area contributed by atoms with Crippen molar-refractivity contribution in [3.05, 3.63) is 47.5 Å². The van der Waals surface area contributed by atoms with Gasteiger partial charge in [0.25, 0.3) is 0 Å². The number of hydrogen-bond acceptors (Lipinski definition) is 8. The summed E-state index contributed by atoms with van der Waals surface area (Å²) in [4.78, 5) is 19.0. The molecule has 0 atom stereocenters. The number of azo groups is 1. The Hall–Kier alpha value is -3.77. The lowest BCUT2D eigenvalue weighted by atomic mass is 9.98. The molecule has 0 saturated carbocycles. The topological polar surface area (TPSA) is 103 Å². The van der Waals surface area contributed by atoms with Gasteiger partial charge in [0.2, 0.25) is 5.91 Å². The molecule has 0 radical (unpaired) electrons. The standard InChI is InChI=1S/C31H40N6O2S/c1-7-22(8-2)18-37(19-23(9-3)10-4)29-15-27(34-21(5)38)28(16-30(29)39-6)35-36-31-24(17-32)25(20-40-31)26-13-11-12-14-33-26/h11-16,20,22-23H,7-10,18-19H2,1-6H3,(H,34,38)/b36-35+. The minimum atomic E-state index is -0.203. The van der Waals surface area contributed by atoms with Crippen LogP contribution in [0.5, 0.6) is 5.75 Å². The van der Waals surface area contributed by atoms with Gasteiger partial charge < -0.3 is 15.0 Å². The van der Waals surface area contributed by atoms with Gasteiger partial charge in [-0.1, -0.05) is 59.4 Å². The van der Waals surface area contributed by atoms with E-state index in [1.54, 1.807) is 13.3 Å². The van der Waals surface area contributed by atoms with Crippen LogP contribution in [0.3, 0.4) is 0 Å². The molecule has 1 aromatic carbocycles. The highest BCUT2D eigenvalue weighted by molar-refractivity contribution is 7.14. The number of nitrogens with zero attached hydrogens (tertiary/aromatic N) is 5. The first-order valence-electron chi connectivity index (χ1n) is 14.0. The van der Waals surface area contributed by atoms with Gasteiger partial charge in [-0.05, 0) is 30.0 Å². The lowest BCUT2D eigenvalue weighted by molar-refractivity contribution is -0.114. The number of carbonyl (C=O) groups is 1. The zero-order chi connectivity index (χ0) is 29.1. The second-order valence-corrected chi connectivity index (χ2v) is 10.7. The van der Waals surface area contributed by atoms with E-state index < -0.39 is 0 Å². The summed E-state index contributed by atoms with van der Waals surface area (Å²) in [5, 5.41) is 24.1. The van der Waals surface area contributed by atoms with Crippen LogP contribution in [0.15, 0.2) is 52.1 Å². The Bertz CT molecular complexity index is 1310. The highest BCUT2D eigenvalue weighted by Crippen LogP contribution is 2.42. The number of ether oxygens (including phenoxy) is 1. The molecule has 2 heterocycles. The number of pyridine rings is 1. The van der Waals surface area contributed by atoms with E-state index in [9.17, 15) is 10.1 Å². The number of anilines is 2. The maximum atomic E-state index is 12.2. The van der Waals surface area contributed by atoms with Gasteiger partial charge in [0.05, 0.1) is 24.2 Å². The van der Waals surface area contributed by atoms with Crippen LogP contribution in [0.1, 0.15) is 65.9 Å². The van der Waals surface area contributed by atoms with Crippen molar-refractivity contribution in [2.45, 2.75) is 60.3 Å². The number of aromatic nitrogens is 1. The third-order valence-corrected chi connectivity index (χ3v) is 8.15. The van der Waals surface area contributed by atoms with Gasteiger partial charge in [0.1, 0.15) is 23.1 Å². The molecule has 40 heavy (non-hydrogen) atoms. The third-order valence-electron chi connectivity index (χ3n) is 7.29. The second kappa shape index (κ2) is 15.1. The molecule has 0 fully saturated rings. The van der Waals surface area contributed by atoms with Crippen LogP contribution >= 0.6 is 11.3 Å². The molecule has 0 saturated heterocycles. The average Bonchev–Trinajstić information content (AvgIpc) is 3.39. The first-order chi connectivity index (χ1) is 19.4. The molecule has 0 aliphatic heterocycles. The molecule has 0 spiro atoms. The number of benzene rings is 1. The zero-order valence-corrected chi connectivity index (χ0v) is 25.2. The van der Waals surface area contributed by atoms with Crippen molar-refractivity contribution < 1.29 is 9.53 Å². The van der Waals surface area contributed by atoms with E-state index in [2.05, 4.69) is 59.2 Å². The van der Waals surface area contributed by atoms with Gasteiger partial charge in [-0.15, -0.1) is 21.6 Å². The molecule has 3 aromatic rings. The molecule has 9 heteroatoms. The molecule has 2 aromatic heterocycles. The predicted molar refractivity (Wildman–Crippen MR) is 164 cm³/mol. The van der Waals surface area contributed by atoms with Crippen LogP contribution in [0.2, 0.25) is 0 Å². The summed E-state index contributed by atoms with van der Waals surface area (Å²) >= 11 is 1.33. The largest absolute Gasteiger partial charge is 0.494 e. The Labute approximate surface area is 242 Å². The van der Waals surface area contributed by atoms with Crippen LogP contribution in [0.25, 0.3) is 11.3 Å². The van der Waals surface area contributed by atoms with E-state index in [0.29, 0.717) is 45.2 Å². The predicted octanol–water partition coefficient (Wildman–Crippen LogP) is 8.74. The first-order valence-corrected chi connectivity index (χ1v) is 14.9. The first kappa shape index (κ1) is 30.8. The lowest BCUT2D eigenvalue weighted by Crippen LogP contribution is -2.34. The van der Waals surface area contributed by atoms with Crippen molar-refractivity contribution >= 4 is 39.3 Å². The molecule has 0 unspecified atom stereocenters. The van der Waals surface area contributed by atoms with Crippen LogP contribution in [-0.4, -0.2) is 31.1 Å². The molecule has 212 valence electrons. The van der Waals surface area contributed by atoms with E-state index in [0.717, 1.165) is 50.0 Å². The second-order valence-electron chi connectivity index (χ2n) is 9.85. The molecule has 3 rings (SSSR count). The smallest absolute Gasteiger partial charge is 0.221 e. The zero-order valence-electron chi connectivity index (χ0n) is 24.4. The number of thiophene rings is 1. The summed E-state index contributed by atoms with van der Waals surface area (Å²) in [5.41, 5.74) is 3.77. The Balaban J connectivity index is 2.08. The Morgan fingerprint density at radius 1 is 1.10 bits per heavy atom. The summed E-state index contributed by atoms with van der Waals surface area (Å²) in [7, 11) is 1.65. The number of rotatable bonds is 14. The van der Waals surface area contributed by atoms with Gasteiger partial charge in [0.15, 0.2) is 5.00 Å². The summed E-state index contributed by atoms with van der Waals surface area (Å²) in [6.45, 7) is 12.2. The fourth-order valence-corrected chi connectivity index (χ4v) is 5.50. The molecular weight excluding hydrogens is 520 g/mol. The Morgan fingerprint density at radius 2 is 1.77 bits per heavy atom. The van der Waals surface area contributed by atoms with Crippen LogP contribution in [0.4, 0.5) is 22.1 Å². The maximum absolute atomic E-state index is 12.2. The molecule has 8 nitrogen and oxygen atoms in total. The number of nitrogens with one attached hydrogen (secondary N) is 1. The number of hydrogen-bond donors (Lipinski definition) is 1. The van der Waals surface area contributed by atoms with E-state index in [1.807, 2.05) is 35.7 Å². The van der Waals surface area contributed by atoms with Crippen molar-refractivity contribution in [3.63, 3.8) is 0 Å². The number of carbonyl (C=O) groups excluding carboxylic acids is 1. The number of methoxy groups -OCH3 is 1. The highest BCUT2D eigenvalue weighted by Gasteiger charge is 2.22. The van der Waals surface area contributed by atoms with Crippen LogP contribution < -0.4 is 15.0 Å². The Kier molecular flexibility index (Phi) is 11.6. The van der Waals surface area contributed by atoms with Crippen LogP contribution in [0, 0.1) is 23.2 Å². The van der Waals surface area contributed by atoms with Gasteiger partial charge in [-0.2, -0.15) is 5.26 Å². The SMILES string of the molecule is CCC(CC)CN(CC(CC)CC)c1cc(NC(C)=O)c(/N=N/c2scc(-c3ccccn3)c2C#N)cc1OC. The minimum Gasteiger partial charge on any atom is -0.494 e.